The Bertz CT molecular complexity index is 584. The lowest BCUT2D eigenvalue weighted by molar-refractivity contribution is 0.317. The Labute approximate surface area is 124 Å². The van der Waals surface area contributed by atoms with Crippen LogP contribution in [-0.2, 0) is 0 Å². The highest BCUT2D eigenvalue weighted by atomic mass is 19.1. The molecule has 0 bridgehead atoms. The van der Waals surface area contributed by atoms with Crippen LogP contribution in [0.15, 0.2) is 42.5 Å². The summed E-state index contributed by atoms with van der Waals surface area (Å²) in [4.78, 5) is 0. The molecular formula is C17H21FN2O. The van der Waals surface area contributed by atoms with Crippen LogP contribution in [0.1, 0.15) is 36.1 Å². The molecule has 0 heterocycles. The summed E-state index contributed by atoms with van der Waals surface area (Å²) >= 11 is 0. The van der Waals surface area contributed by atoms with E-state index in [0.29, 0.717) is 12.2 Å². The van der Waals surface area contributed by atoms with E-state index in [1.54, 1.807) is 6.07 Å². The van der Waals surface area contributed by atoms with Crippen LogP contribution in [0.5, 0.6) is 5.75 Å². The lowest BCUT2D eigenvalue weighted by Crippen LogP contribution is -2.29. The normalized spacial score (nSPS) is 12.2. The van der Waals surface area contributed by atoms with Crippen molar-refractivity contribution in [2.24, 2.45) is 5.84 Å². The number of hydrazine groups is 1. The van der Waals surface area contributed by atoms with E-state index in [-0.39, 0.29) is 11.9 Å². The van der Waals surface area contributed by atoms with Crippen molar-refractivity contribution in [3.05, 3.63) is 65.0 Å². The molecule has 0 aliphatic carbocycles. The zero-order chi connectivity index (χ0) is 15.2. The predicted octanol–water partition coefficient (Wildman–Crippen LogP) is 3.48. The van der Waals surface area contributed by atoms with Gasteiger partial charge in [-0.15, -0.1) is 0 Å². The number of rotatable bonds is 6. The SMILES string of the molecule is CCCOc1ccc(C(NN)c2ccc(C)cc2F)cc1. The first-order valence-corrected chi connectivity index (χ1v) is 7.10. The number of ether oxygens (including phenoxy) is 1. The molecule has 2 rings (SSSR count). The first kappa shape index (κ1) is 15.5. The minimum Gasteiger partial charge on any atom is -0.494 e. The molecule has 1 unspecified atom stereocenters. The van der Waals surface area contributed by atoms with Gasteiger partial charge in [-0.3, -0.25) is 5.84 Å². The third-order valence-corrected chi connectivity index (χ3v) is 3.32. The van der Waals surface area contributed by atoms with Crippen LogP contribution in [0.3, 0.4) is 0 Å². The van der Waals surface area contributed by atoms with Gasteiger partial charge in [-0.25, -0.2) is 9.82 Å². The Morgan fingerprint density at radius 2 is 1.90 bits per heavy atom. The third-order valence-electron chi connectivity index (χ3n) is 3.32. The molecule has 0 saturated heterocycles. The molecule has 3 nitrogen and oxygen atoms in total. The Hall–Kier alpha value is -1.91. The van der Waals surface area contributed by atoms with E-state index in [9.17, 15) is 4.39 Å². The number of hydrogen-bond acceptors (Lipinski definition) is 3. The molecule has 1 atom stereocenters. The topological polar surface area (TPSA) is 47.3 Å². The summed E-state index contributed by atoms with van der Waals surface area (Å²) in [6.07, 6.45) is 0.962. The maximum atomic E-state index is 14.1. The first-order valence-electron chi connectivity index (χ1n) is 7.10. The number of nitrogens with one attached hydrogen (secondary N) is 1. The van der Waals surface area contributed by atoms with Crippen LogP contribution in [0, 0.1) is 12.7 Å². The summed E-state index contributed by atoms with van der Waals surface area (Å²) in [5, 5.41) is 0. The van der Waals surface area contributed by atoms with E-state index in [1.165, 1.54) is 6.07 Å². The van der Waals surface area contributed by atoms with Crippen LogP contribution in [0.2, 0.25) is 0 Å². The lowest BCUT2D eigenvalue weighted by Gasteiger charge is -2.18. The van der Waals surface area contributed by atoms with E-state index in [0.717, 1.165) is 23.3 Å². The molecule has 0 aliphatic rings. The Kier molecular flexibility index (Phi) is 5.31. The van der Waals surface area contributed by atoms with E-state index in [1.807, 2.05) is 37.3 Å². The standard InChI is InChI=1S/C17H21FN2O/c1-3-10-21-14-7-5-13(6-8-14)17(20-19)15-9-4-12(2)11-16(15)18/h4-9,11,17,20H,3,10,19H2,1-2H3. The van der Waals surface area contributed by atoms with Crippen LogP contribution >= 0.6 is 0 Å². The van der Waals surface area contributed by atoms with Gasteiger partial charge in [0.1, 0.15) is 11.6 Å². The van der Waals surface area contributed by atoms with E-state index >= 15 is 0 Å². The summed E-state index contributed by atoms with van der Waals surface area (Å²) in [6.45, 7) is 4.60. The summed E-state index contributed by atoms with van der Waals surface area (Å²) in [7, 11) is 0. The minimum atomic E-state index is -0.383. The number of benzene rings is 2. The van der Waals surface area contributed by atoms with Crippen LogP contribution < -0.4 is 16.0 Å². The van der Waals surface area contributed by atoms with Crippen molar-refractivity contribution in [2.75, 3.05) is 6.61 Å². The summed E-state index contributed by atoms with van der Waals surface area (Å²) in [6, 6.07) is 12.3. The molecule has 0 aromatic heterocycles. The first-order chi connectivity index (χ1) is 10.2. The fourth-order valence-corrected chi connectivity index (χ4v) is 2.21. The van der Waals surface area contributed by atoms with Gasteiger partial charge in [-0.2, -0.15) is 0 Å². The van der Waals surface area contributed by atoms with Gasteiger partial charge in [0.25, 0.3) is 0 Å². The molecule has 0 aliphatic heterocycles. The fraction of sp³-hybridized carbons (Fsp3) is 0.294. The van der Waals surface area contributed by atoms with E-state index in [2.05, 4.69) is 12.3 Å². The Morgan fingerprint density at radius 3 is 2.48 bits per heavy atom. The molecule has 2 aromatic carbocycles. The van der Waals surface area contributed by atoms with Crippen molar-refractivity contribution < 1.29 is 9.13 Å². The van der Waals surface area contributed by atoms with Crippen LogP contribution in [-0.4, -0.2) is 6.61 Å². The van der Waals surface area contributed by atoms with Crippen molar-refractivity contribution in [1.82, 2.24) is 5.43 Å². The number of hydrogen-bond donors (Lipinski definition) is 2. The van der Waals surface area contributed by atoms with Crippen molar-refractivity contribution in [2.45, 2.75) is 26.3 Å². The monoisotopic (exact) mass is 288 g/mol. The fourth-order valence-electron chi connectivity index (χ4n) is 2.21. The van der Waals surface area contributed by atoms with Crippen molar-refractivity contribution in [3.8, 4) is 5.75 Å². The second-order valence-corrected chi connectivity index (χ2v) is 5.04. The number of halogens is 1. The quantitative estimate of drug-likeness (QED) is 0.632. The summed E-state index contributed by atoms with van der Waals surface area (Å²) < 4.78 is 19.6. The molecule has 3 N–H and O–H groups in total. The second-order valence-electron chi connectivity index (χ2n) is 5.04. The second kappa shape index (κ2) is 7.20. The third kappa shape index (κ3) is 3.80. The van der Waals surface area contributed by atoms with Gasteiger partial charge in [0.05, 0.1) is 12.6 Å². The van der Waals surface area contributed by atoms with Gasteiger partial charge in [0.15, 0.2) is 0 Å². The highest BCUT2D eigenvalue weighted by Crippen LogP contribution is 2.26. The number of nitrogens with two attached hydrogens (primary N) is 1. The highest BCUT2D eigenvalue weighted by Gasteiger charge is 2.16. The molecule has 0 saturated carbocycles. The van der Waals surface area contributed by atoms with Gasteiger partial charge >= 0.3 is 0 Å². The smallest absolute Gasteiger partial charge is 0.128 e. The van der Waals surface area contributed by atoms with Gasteiger partial charge < -0.3 is 4.74 Å². The highest BCUT2D eigenvalue weighted by molar-refractivity contribution is 5.37. The van der Waals surface area contributed by atoms with E-state index in [4.69, 9.17) is 10.6 Å². The van der Waals surface area contributed by atoms with Gasteiger partial charge in [-0.1, -0.05) is 31.2 Å². The molecule has 0 spiro atoms. The molecule has 0 radical (unpaired) electrons. The lowest BCUT2D eigenvalue weighted by atomic mass is 9.98. The van der Waals surface area contributed by atoms with Crippen LogP contribution in [0.4, 0.5) is 4.39 Å². The van der Waals surface area contributed by atoms with Crippen molar-refractivity contribution in [1.29, 1.82) is 0 Å². The molecule has 4 heteroatoms. The molecule has 21 heavy (non-hydrogen) atoms. The van der Waals surface area contributed by atoms with Gasteiger partial charge in [0, 0.05) is 5.56 Å². The maximum Gasteiger partial charge on any atom is 0.128 e. The molecular weight excluding hydrogens is 267 g/mol. The maximum absolute atomic E-state index is 14.1. The van der Waals surface area contributed by atoms with Crippen LogP contribution in [0.25, 0.3) is 0 Å². The Balaban J connectivity index is 2.24. The van der Waals surface area contributed by atoms with Gasteiger partial charge in [0.2, 0.25) is 0 Å². The molecule has 0 fully saturated rings. The largest absolute Gasteiger partial charge is 0.494 e. The van der Waals surface area contributed by atoms with Crippen molar-refractivity contribution in [3.63, 3.8) is 0 Å². The minimum absolute atomic E-state index is 0.260. The number of aryl methyl sites for hydroxylation is 1. The molecule has 2 aromatic rings. The Morgan fingerprint density at radius 1 is 1.19 bits per heavy atom. The average molecular weight is 288 g/mol. The van der Waals surface area contributed by atoms with Crippen molar-refractivity contribution >= 4 is 0 Å². The summed E-state index contributed by atoms with van der Waals surface area (Å²) in [5.41, 5.74) is 4.99. The zero-order valence-corrected chi connectivity index (χ0v) is 12.4. The average Bonchev–Trinajstić information content (AvgIpc) is 2.49. The summed E-state index contributed by atoms with van der Waals surface area (Å²) in [5.74, 6) is 6.16. The van der Waals surface area contributed by atoms with Gasteiger partial charge in [-0.05, 0) is 42.7 Å². The van der Waals surface area contributed by atoms with E-state index < -0.39 is 0 Å². The molecule has 0 amide bonds. The molecule has 112 valence electrons. The zero-order valence-electron chi connectivity index (χ0n) is 12.4. The predicted molar refractivity (Wildman–Crippen MR) is 82.5 cm³/mol.